The molecule has 0 aliphatic heterocycles. The fraction of sp³-hybridized carbons (Fsp3) is 0.429. The zero-order valence-electron chi connectivity index (χ0n) is 6.51. The molecule has 74 valence electrons. The van der Waals surface area contributed by atoms with Crippen LogP contribution in [0, 0.1) is 0 Å². The first-order valence-corrected chi connectivity index (χ1v) is 3.49. The Labute approximate surface area is 72.0 Å². The minimum atomic E-state index is -4.45. The van der Waals surface area contributed by atoms with E-state index in [0.717, 1.165) is 6.07 Å². The molecule has 0 saturated heterocycles. The lowest BCUT2D eigenvalue weighted by Crippen LogP contribution is -2.10. The van der Waals surface area contributed by atoms with Crippen LogP contribution in [0.4, 0.5) is 13.2 Å². The summed E-state index contributed by atoms with van der Waals surface area (Å²) >= 11 is 0. The second-order valence-corrected chi connectivity index (χ2v) is 2.49. The zero-order chi connectivity index (χ0) is 10.1. The second kappa shape index (κ2) is 3.39. The molecule has 1 rings (SSSR count). The van der Waals surface area contributed by atoms with Gasteiger partial charge < -0.3 is 15.3 Å². The van der Waals surface area contributed by atoms with Gasteiger partial charge in [-0.2, -0.15) is 13.2 Å². The molecule has 1 heterocycles. The molecule has 1 unspecified atom stereocenters. The number of alkyl halides is 3. The van der Waals surface area contributed by atoms with E-state index in [1.165, 1.54) is 0 Å². The maximum absolute atomic E-state index is 12.0. The number of aliphatic hydroxyl groups is 1. The molecular formula is C7H8F3NO2. The molecular weight excluding hydrogens is 187 g/mol. The largest absolute Gasteiger partial charge is 0.466 e. The van der Waals surface area contributed by atoms with E-state index in [4.69, 9.17) is 10.8 Å². The predicted molar refractivity (Wildman–Crippen MR) is 37.7 cm³/mol. The second-order valence-electron chi connectivity index (χ2n) is 2.49. The van der Waals surface area contributed by atoms with Gasteiger partial charge in [-0.1, -0.05) is 0 Å². The predicted octanol–water partition coefficient (Wildman–Crippen LogP) is 1.29. The van der Waals surface area contributed by atoms with Crippen molar-refractivity contribution in [2.45, 2.75) is 12.3 Å². The fourth-order valence-corrected chi connectivity index (χ4v) is 0.792. The molecule has 6 heteroatoms. The van der Waals surface area contributed by atoms with Gasteiger partial charge in [-0.25, -0.2) is 0 Å². The average molecular weight is 195 g/mol. The van der Waals surface area contributed by atoms with Crippen molar-refractivity contribution in [1.29, 1.82) is 0 Å². The summed E-state index contributed by atoms with van der Waals surface area (Å²) in [4.78, 5) is 0. The number of halogens is 3. The Morgan fingerprint density at radius 1 is 1.54 bits per heavy atom. The topological polar surface area (TPSA) is 59.4 Å². The van der Waals surface area contributed by atoms with Crippen molar-refractivity contribution >= 4 is 0 Å². The van der Waals surface area contributed by atoms with E-state index in [9.17, 15) is 13.2 Å². The van der Waals surface area contributed by atoms with Gasteiger partial charge in [0.25, 0.3) is 0 Å². The Bertz CT molecular complexity index is 282. The van der Waals surface area contributed by atoms with Gasteiger partial charge in [0.15, 0.2) is 0 Å². The minimum absolute atomic E-state index is 0.171. The van der Waals surface area contributed by atoms with E-state index < -0.39 is 17.8 Å². The standard InChI is InChI=1S/C7H8F3NO2/c8-7(9,10)4-1-6(13-3-4)5(12)2-11/h1,3,5,12H,2,11H2. The van der Waals surface area contributed by atoms with Gasteiger partial charge >= 0.3 is 6.18 Å². The smallest absolute Gasteiger partial charge is 0.419 e. The molecule has 0 aromatic carbocycles. The van der Waals surface area contributed by atoms with E-state index >= 15 is 0 Å². The first-order valence-electron chi connectivity index (χ1n) is 3.49. The highest BCUT2D eigenvalue weighted by molar-refractivity contribution is 5.17. The van der Waals surface area contributed by atoms with Crippen molar-refractivity contribution in [2.24, 2.45) is 5.73 Å². The van der Waals surface area contributed by atoms with Gasteiger partial charge in [0.2, 0.25) is 0 Å². The zero-order valence-corrected chi connectivity index (χ0v) is 6.51. The molecule has 0 radical (unpaired) electrons. The third kappa shape index (κ3) is 2.22. The van der Waals surface area contributed by atoms with Crippen LogP contribution < -0.4 is 5.73 Å². The molecule has 0 bridgehead atoms. The molecule has 0 aliphatic rings. The highest BCUT2D eigenvalue weighted by Crippen LogP contribution is 2.31. The highest BCUT2D eigenvalue weighted by Gasteiger charge is 2.33. The average Bonchev–Trinajstić information content (AvgIpc) is 2.50. The lowest BCUT2D eigenvalue weighted by molar-refractivity contribution is -0.137. The quantitative estimate of drug-likeness (QED) is 0.747. The summed E-state index contributed by atoms with van der Waals surface area (Å²) in [5.41, 5.74) is 4.11. The van der Waals surface area contributed by atoms with Crippen LogP contribution in [-0.2, 0) is 6.18 Å². The van der Waals surface area contributed by atoms with Crippen molar-refractivity contribution in [3.05, 3.63) is 23.7 Å². The van der Waals surface area contributed by atoms with Gasteiger partial charge in [0.1, 0.15) is 18.1 Å². The molecule has 0 saturated carbocycles. The minimum Gasteiger partial charge on any atom is -0.466 e. The highest BCUT2D eigenvalue weighted by atomic mass is 19.4. The number of rotatable bonds is 2. The summed E-state index contributed by atoms with van der Waals surface area (Å²) in [6.45, 7) is -0.176. The van der Waals surface area contributed by atoms with Crippen molar-refractivity contribution < 1.29 is 22.7 Å². The van der Waals surface area contributed by atoms with E-state index in [-0.39, 0.29) is 12.3 Å². The molecule has 0 spiro atoms. The molecule has 1 atom stereocenters. The van der Waals surface area contributed by atoms with Crippen molar-refractivity contribution in [2.75, 3.05) is 6.54 Å². The van der Waals surface area contributed by atoms with Crippen LogP contribution in [0.2, 0.25) is 0 Å². The summed E-state index contributed by atoms with van der Waals surface area (Å²) in [5, 5.41) is 9.02. The molecule has 13 heavy (non-hydrogen) atoms. The third-order valence-corrected chi connectivity index (χ3v) is 1.50. The van der Waals surface area contributed by atoms with Gasteiger partial charge in [-0.15, -0.1) is 0 Å². The Morgan fingerprint density at radius 3 is 2.54 bits per heavy atom. The van der Waals surface area contributed by atoms with Crippen LogP contribution in [0.25, 0.3) is 0 Å². The van der Waals surface area contributed by atoms with Crippen molar-refractivity contribution in [1.82, 2.24) is 0 Å². The van der Waals surface area contributed by atoms with Gasteiger partial charge in [0.05, 0.1) is 5.56 Å². The Kier molecular flexibility index (Phi) is 2.63. The fourth-order valence-electron chi connectivity index (χ4n) is 0.792. The van der Waals surface area contributed by atoms with Crippen LogP contribution in [0.15, 0.2) is 16.7 Å². The van der Waals surface area contributed by atoms with E-state index in [2.05, 4.69) is 4.42 Å². The third-order valence-electron chi connectivity index (χ3n) is 1.50. The summed E-state index contributed by atoms with van der Waals surface area (Å²) < 4.78 is 40.5. The van der Waals surface area contributed by atoms with E-state index in [1.54, 1.807) is 0 Å². The molecule has 0 amide bonds. The van der Waals surface area contributed by atoms with Crippen LogP contribution >= 0.6 is 0 Å². The Morgan fingerprint density at radius 2 is 2.15 bits per heavy atom. The molecule has 1 aromatic heterocycles. The Hall–Kier alpha value is -1.01. The summed E-state index contributed by atoms with van der Waals surface area (Å²) in [6, 6.07) is 0.734. The monoisotopic (exact) mass is 195 g/mol. The van der Waals surface area contributed by atoms with Crippen LogP contribution in [0.3, 0.4) is 0 Å². The first-order chi connectivity index (χ1) is 5.95. The SMILES string of the molecule is NCC(O)c1cc(C(F)(F)F)co1. The molecule has 3 N–H and O–H groups in total. The number of aliphatic hydroxyl groups excluding tert-OH is 1. The normalized spacial score (nSPS) is 14.5. The lowest BCUT2D eigenvalue weighted by Gasteiger charge is -2.02. The number of nitrogens with two attached hydrogens (primary N) is 1. The number of hydrogen-bond acceptors (Lipinski definition) is 3. The van der Waals surface area contributed by atoms with Crippen molar-refractivity contribution in [3.63, 3.8) is 0 Å². The maximum atomic E-state index is 12.0. The number of furan rings is 1. The number of hydrogen-bond donors (Lipinski definition) is 2. The lowest BCUT2D eigenvalue weighted by atomic mass is 10.2. The first kappa shape index (κ1) is 10.1. The summed E-state index contributed by atoms with van der Waals surface area (Å²) in [6.07, 6.45) is -5.08. The molecule has 0 fully saturated rings. The molecule has 1 aromatic rings. The summed E-state index contributed by atoms with van der Waals surface area (Å²) in [7, 11) is 0. The summed E-state index contributed by atoms with van der Waals surface area (Å²) in [5.74, 6) is -0.171. The van der Waals surface area contributed by atoms with E-state index in [1.807, 2.05) is 0 Å². The van der Waals surface area contributed by atoms with Crippen LogP contribution in [-0.4, -0.2) is 11.7 Å². The van der Waals surface area contributed by atoms with Gasteiger partial charge in [0, 0.05) is 6.54 Å². The van der Waals surface area contributed by atoms with Gasteiger partial charge in [-0.3, -0.25) is 0 Å². The van der Waals surface area contributed by atoms with Crippen molar-refractivity contribution in [3.8, 4) is 0 Å². The van der Waals surface area contributed by atoms with Crippen LogP contribution in [0.1, 0.15) is 17.4 Å². The molecule has 3 nitrogen and oxygen atoms in total. The Balaban J connectivity index is 2.87. The van der Waals surface area contributed by atoms with Gasteiger partial charge in [-0.05, 0) is 6.07 Å². The maximum Gasteiger partial charge on any atom is 0.419 e. The van der Waals surface area contributed by atoms with E-state index in [0.29, 0.717) is 6.26 Å². The van der Waals surface area contributed by atoms with Crippen LogP contribution in [0.5, 0.6) is 0 Å². The molecule has 0 aliphatic carbocycles.